The average molecular weight is 399 g/mol. The summed E-state index contributed by atoms with van der Waals surface area (Å²) in [6.07, 6.45) is 2.45. The molecule has 1 fully saturated rings. The number of aryl methyl sites for hydroxylation is 1. The first kappa shape index (κ1) is 20.7. The van der Waals surface area contributed by atoms with E-state index in [4.69, 9.17) is 4.74 Å². The lowest BCUT2D eigenvalue weighted by molar-refractivity contribution is -0.118. The molecule has 3 rings (SSSR count). The Balaban J connectivity index is 1.52. The van der Waals surface area contributed by atoms with Gasteiger partial charge in [0.15, 0.2) is 0 Å². The predicted molar refractivity (Wildman–Crippen MR) is 117 cm³/mol. The van der Waals surface area contributed by atoms with Crippen LogP contribution in [0.2, 0.25) is 0 Å². The zero-order valence-electron chi connectivity index (χ0n) is 16.8. The summed E-state index contributed by atoms with van der Waals surface area (Å²) in [5.41, 5.74) is 3.72. The van der Waals surface area contributed by atoms with E-state index in [-0.39, 0.29) is 11.9 Å². The Labute approximate surface area is 172 Å². The number of benzene rings is 2. The molecule has 4 nitrogen and oxygen atoms in total. The molecule has 0 aromatic heterocycles. The third kappa shape index (κ3) is 6.01. The highest BCUT2D eigenvalue weighted by atomic mass is 32.2. The molecule has 1 N–H and O–H groups in total. The molecule has 1 unspecified atom stereocenters. The molecule has 0 aliphatic carbocycles. The topological polar surface area (TPSA) is 41.6 Å². The van der Waals surface area contributed by atoms with E-state index in [2.05, 4.69) is 53.5 Å². The molecule has 28 heavy (non-hydrogen) atoms. The van der Waals surface area contributed by atoms with Gasteiger partial charge in [-0.05, 0) is 56.1 Å². The molecule has 1 atom stereocenters. The fourth-order valence-electron chi connectivity index (χ4n) is 3.57. The van der Waals surface area contributed by atoms with E-state index in [1.807, 2.05) is 12.1 Å². The zero-order valence-corrected chi connectivity index (χ0v) is 17.6. The fourth-order valence-corrected chi connectivity index (χ4v) is 4.38. The van der Waals surface area contributed by atoms with Crippen LogP contribution >= 0.6 is 11.8 Å². The monoisotopic (exact) mass is 398 g/mol. The SMILES string of the molecule is COc1cccc(C(CNC(=O)CSCc2ccc(C)cc2)N2CCCC2)c1. The first-order valence-electron chi connectivity index (χ1n) is 9.93. The van der Waals surface area contributed by atoms with Gasteiger partial charge in [-0.3, -0.25) is 9.69 Å². The lowest BCUT2D eigenvalue weighted by atomic mass is 10.0. The Morgan fingerprint density at radius 1 is 1.18 bits per heavy atom. The van der Waals surface area contributed by atoms with Crippen molar-refractivity contribution in [1.82, 2.24) is 10.2 Å². The highest BCUT2D eigenvalue weighted by Gasteiger charge is 2.24. The van der Waals surface area contributed by atoms with Crippen LogP contribution in [0.3, 0.4) is 0 Å². The van der Waals surface area contributed by atoms with E-state index in [1.54, 1.807) is 18.9 Å². The van der Waals surface area contributed by atoms with Crippen molar-refractivity contribution in [3.05, 3.63) is 65.2 Å². The van der Waals surface area contributed by atoms with Gasteiger partial charge in [-0.15, -0.1) is 11.8 Å². The van der Waals surface area contributed by atoms with Crippen molar-refractivity contribution in [2.45, 2.75) is 31.6 Å². The second-order valence-electron chi connectivity index (χ2n) is 7.32. The number of methoxy groups -OCH3 is 1. The Morgan fingerprint density at radius 2 is 1.93 bits per heavy atom. The number of hydrogen-bond donors (Lipinski definition) is 1. The molecular weight excluding hydrogens is 368 g/mol. The molecule has 5 heteroatoms. The molecule has 1 heterocycles. The average Bonchev–Trinajstić information content (AvgIpc) is 3.24. The maximum atomic E-state index is 12.4. The lowest BCUT2D eigenvalue weighted by Crippen LogP contribution is -2.37. The third-order valence-corrected chi connectivity index (χ3v) is 6.18. The minimum atomic E-state index is 0.101. The van der Waals surface area contributed by atoms with Crippen molar-refractivity contribution in [1.29, 1.82) is 0 Å². The highest BCUT2D eigenvalue weighted by Crippen LogP contribution is 2.27. The van der Waals surface area contributed by atoms with Crippen LogP contribution < -0.4 is 10.1 Å². The number of ether oxygens (including phenoxy) is 1. The fraction of sp³-hybridized carbons (Fsp3) is 0.435. The minimum absolute atomic E-state index is 0.101. The van der Waals surface area contributed by atoms with Gasteiger partial charge in [0.1, 0.15) is 5.75 Å². The Hall–Kier alpha value is -1.98. The number of carbonyl (C=O) groups excluding carboxylic acids is 1. The first-order chi connectivity index (χ1) is 13.7. The van der Waals surface area contributed by atoms with Crippen LogP contribution in [0, 0.1) is 6.92 Å². The van der Waals surface area contributed by atoms with Crippen LogP contribution in [0.5, 0.6) is 5.75 Å². The molecule has 0 radical (unpaired) electrons. The van der Waals surface area contributed by atoms with Gasteiger partial charge < -0.3 is 10.1 Å². The van der Waals surface area contributed by atoms with Crippen molar-refractivity contribution in [2.75, 3.05) is 32.5 Å². The predicted octanol–water partition coefficient (Wildman–Crippen LogP) is 4.19. The maximum absolute atomic E-state index is 12.4. The van der Waals surface area contributed by atoms with Crippen molar-refractivity contribution in [2.24, 2.45) is 0 Å². The van der Waals surface area contributed by atoms with Gasteiger partial charge in [0, 0.05) is 12.3 Å². The summed E-state index contributed by atoms with van der Waals surface area (Å²) in [4.78, 5) is 14.9. The second-order valence-corrected chi connectivity index (χ2v) is 8.30. The number of nitrogens with zero attached hydrogens (tertiary/aromatic N) is 1. The van der Waals surface area contributed by atoms with Crippen LogP contribution in [0.15, 0.2) is 48.5 Å². The molecule has 1 aliphatic rings. The molecule has 1 amide bonds. The first-order valence-corrected chi connectivity index (χ1v) is 11.1. The summed E-state index contributed by atoms with van der Waals surface area (Å²) in [6.45, 7) is 4.89. The normalized spacial score (nSPS) is 15.4. The van der Waals surface area contributed by atoms with Gasteiger partial charge in [0.2, 0.25) is 5.91 Å². The molecule has 0 saturated carbocycles. The van der Waals surface area contributed by atoms with Crippen LogP contribution in [0.1, 0.15) is 35.6 Å². The lowest BCUT2D eigenvalue weighted by Gasteiger charge is -2.28. The van der Waals surface area contributed by atoms with Gasteiger partial charge in [-0.2, -0.15) is 0 Å². The summed E-state index contributed by atoms with van der Waals surface area (Å²) in [6, 6.07) is 16.9. The van der Waals surface area contributed by atoms with Crippen molar-refractivity contribution in [3.8, 4) is 5.75 Å². The summed E-state index contributed by atoms with van der Waals surface area (Å²) >= 11 is 1.66. The summed E-state index contributed by atoms with van der Waals surface area (Å²) in [5.74, 6) is 2.31. The molecule has 2 aromatic rings. The van der Waals surface area contributed by atoms with E-state index in [0.29, 0.717) is 12.3 Å². The van der Waals surface area contributed by atoms with Crippen LogP contribution in [-0.4, -0.2) is 43.3 Å². The Bertz CT molecular complexity index is 757. The summed E-state index contributed by atoms with van der Waals surface area (Å²) < 4.78 is 5.39. The van der Waals surface area contributed by atoms with Gasteiger partial charge in [-0.1, -0.05) is 42.0 Å². The molecule has 150 valence electrons. The number of rotatable bonds is 9. The van der Waals surface area contributed by atoms with Crippen molar-refractivity contribution < 1.29 is 9.53 Å². The number of thioether (sulfide) groups is 1. The van der Waals surface area contributed by atoms with Crippen molar-refractivity contribution >= 4 is 17.7 Å². The summed E-state index contributed by atoms with van der Waals surface area (Å²) in [5, 5.41) is 3.15. The number of carbonyl (C=O) groups is 1. The van der Waals surface area contributed by atoms with Crippen LogP contribution in [0.4, 0.5) is 0 Å². The van der Waals surface area contributed by atoms with E-state index < -0.39 is 0 Å². The van der Waals surface area contributed by atoms with Crippen LogP contribution in [0.25, 0.3) is 0 Å². The van der Waals surface area contributed by atoms with E-state index in [1.165, 1.54) is 29.5 Å². The number of likely N-dealkylation sites (tertiary alicyclic amines) is 1. The molecule has 0 bridgehead atoms. The highest BCUT2D eigenvalue weighted by molar-refractivity contribution is 7.99. The third-order valence-electron chi connectivity index (χ3n) is 5.18. The van der Waals surface area contributed by atoms with Gasteiger partial charge in [0.25, 0.3) is 0 Å². The molecule has 0 spiro atoms. The quantitative estimate of drug-likeness (QED) is 0.688. The summed E-state index contributed by atoms with van der Waals surface area (Å²) in [7, 11) is 1.69. The molecule has 2 aromatic carbocycles. The zero-order chi connectivity index (χ0) is 19.8. The maximum Gasteiger partial charge on any atom is 0.230 e. The molecular formula is C23H30N2O2S. The van der Waals surface area contributed by atoms with Crippen LogP contribution in [-0.2, 0) is 10.5 Å². The van der Waals surface area contributed by atoms with Gasteiger partial charge in [0.05, 0.1) is 18.9 Å². The molecule has 1 aliphatic heterocycles. The van der Waals surface area contributed by atoms with Gasteiger partial charge in [-0.25, -0.2) is 0 Å². The Kier molecular flexibility index (Phi) is 7.80. The minimum Gasteiger partial charge on any atom is -0.497 e. The van der Waals surface area contributed by atoms with Crippen molar-refractivity contribution in [3.63, 3.8) is 0 Å². The largest absolute Gasteiger partial charge is 0.497 e. The van der Waals surface area contributed by atoms with Gasteiger partial charge >= 0.3 is 0 Å². The standard InChI is InChI=1S/C23H30N2O2S/c1-18-8-10-19(11-9-18)16-28-17-23(26)24-15-22(25-12-3-4-13-25)20-6-5-7-21(14-20)27-2/h5-11,14,22H,3-4,12-13,15-17H2,1-2H3,(H,24,26). The second kappa shape index (κ2) is 10.5. The number of nitrogens with one attached hydrogen (secondary N) is 1. The van der Waals surface area contributed by atoms with E-state index in [9.17, 15) is 4.79 Å². The molecule has 1 saturated heterocycles. The van der Waals surface area contributed by atoms with E-state index >= 15 is 0 Å². The smallest absolute Gasteiger partial charge is 0.230 e. The number of hydrogen-bond acceptors (Lipinski definition) is 4. The Morgan fingerprint density at radius 3 is 2.64 bits per heavy atom. The van der Waals surface area contributed by atoms with E-state index in [0.717, 1.165) is 24.6 Å². The number of amides is 1.